The molecule has 220 valence electrons. The number of hydrogen-bond acceptors (Lipinski definition) is 3. The lowest BCUT2D eigenvalue weighted by Gasteiger charge is -2.32. The molecule has 0 amide bonds. The molecule has 0 bridgehead atoms. The van der Waals surface area contributed by atoms with Crippen LogP contribution in [-0.2, 0) is 26.2 Å². The van der Waals surface area contributed by atoms with Gasteiger partial charge in [0.2, 0.25) is 0 Å². The quantitative estimate of drug-likeness (QED) is 0.239. The van der Waals surface area contributed by atoms with Crippen LogP contribution in [0.15, 0.2) is 60.7 Å². The van der Waals surface area contributed by atoms with Crippen LogP contribution >= 0.6 is 8.60 Å². The molecule has 41 heavy (non-hydrogen) atoms. The molecule has 4 aromatic carbocycles. The minimum Gasteiger partial charge on any atom is -0.328 e. The van der Waals surface area contributed by atoms with E-state index in [1.54, 1.807) is 0 Å². The molecule has 0 aliphatic heterocycles. The van der Waals surface area contributed by atoms with E-state index in [1.807, 2.05) is 0 Å². The Labute approximate surface area is 249 Å². The first-order valence-electron chi connectivity index (χ1n) is 14.7. The molecule has 0 heterocycles. The molecule has 0 saturated carbocycles. The van der Waals surface area contributed by atoms with Gasteiger partial charge in [-0.05, 0) is 88.7 Å². The van der Waals surface area contributed by atoms with Crippen LogP contribution in [0.25, 0.3) is 21.5 Å². The second-order valence-corrected chi connectivity index (χ2v) is 16.5. The van der Waals surface area contributed by atoms with E-state index in [9.17, 15) is 9.79 Å². The van der Waals surface area contributed by atoms with Gasteiger partial charge in [-0.2, -0.15) is 0 Å². The van der Waals surface area contributed by atoms with Crippen molar-refractivity contribution in [3.8, 4) is 0 Å². The Kier molecular flexibility index (Phi) is 8.31. The van der Waals surface area contributed by atoms with Crippen molar-refractivity contribution in [2.45, 2.75) is 111 Å². The van der Waals surface area contributed by atoms with E-state index in [0.29, 0.717) is 0 Å². The SMILES string of the molecule is CC(C)(C)c1ccc2cc(C(OP(O)O)c3cc4ccc(C(C)(C)C)cc4cc3C(C)(C)C)c(C(C)(C)C)cc2c1. The largest absolute Gasteiger partial charge is 0.328 e. The van der Waals surface area contributed by atoms with Crippen molar-refractivity contribution in [1.29, 1.82) is 0 Å². The Morgan fingerprint density at radius 1 is 0.488 bits per heavy atom. The van der Waals surface area contributed by atoms with Crippen LogP contribution in [0, 0.1) is 0 Å². The van der Waals surface area contributed by atoms with Crippen molar-refractivity contribution in [3.63, 3.8) is 0 Å². The van der Waals surface area contributed by atoms with Gasteiger partial charge >= 0.3 is 8.60 Å². The third-order valence-electron chi connectivity index (χ3n) is 8.13. The molecule has 0 atom stereocenters. The van der Waals surface area contributed by atoms with Crippen LogP contribution < -0.4 is 0 Å². The highest BCUT2D eigenvalue weighted by Crippen LogP contribution is 2.47. The molecule has 0 saturated heterocycles. The molecule has 0 aliphatic carbocycles. The van der Waals surface area contributed by atoms with Crippen molar-refractivity contribution in [2.75, 3.05) is 0 Å². The smallest absolute Gasteiger partial charge is 0.327 e. The van der Waals surface area contributed by atoms with Crippen molar-refractivity contribution in [1.82, 2.24) is 0 Å². The van der Waals surface area contributed by atoms with Crippen molar-refractivity contribution >= 4 is 30.1 Å². The molecule has 0 aliphatic rings. The second-order valence-electron chi connectivity index (χ2n) is 15.7. The molecule has 0 unspecified atom stereocenters. The predicted molar refractivity (Wildman–Crippen MR) is 177 cm³/mol. The van der Waals surface area contributed by atoms with E-state index in [1.165, 1.54) is 21.9 Å². The van der Waals surface area contributed by atoms with Crippen LogP contribution in [0.2, 0.25) is 0 Å². The first-order valence-corrected chi connectivity index (χ1v) is 15.8. The van der Waals surface area contributed by atoms with Crippen LogP contribution in [0.1, 0.15) is 123 Å². The Balaban J connectivity index is 2.06. The standard InChI is InChI=1S/C37H49O3P/c1-34(2,3)27-15-13-23-19-29(31(36(7,8)9)21-25(23)17-27)33(40-41(38)39)30-20-24-14-16-28(35(4,5)6)18-26(24)22-32(30)37(10,11)12/h13-22,33,38-39H,1-12H3. The molecule has 0 aromatic heterocycles. The highest BCUT2D eigenvalue weighted by Gasteiger charge is 2.32. The molecule has 4 rings (SSSR count). The van der Waals surface area contributed by atoms with Crippen LogP contribution in [-0.4, -0.2) is 9.79 Å². The van der Waals surface area contributed by atoms with Crippen LogP contribution in [0.3, 0.4) is 0 Å². The van der Waals surface area contributed by atoms with Crippen LogP contribution in [0.4, 0.5) is 0 Å². The Morgan fingerprint density at radius 3 is 1.15 bits per heavy atom. The van der Waals surface area contributed by atoms with Gasteiger partial charge in [-0.3, -0.25) is 4.52 Å². The van der Waals surface area contributed by atoms with Crippen LogP contribution in [0.5, 0.6) is 0 Å². The Morgan fingerprint density at radius 2 is 0.854 bits per heavy atom. The van der Waals surface area contributed by atoms with Crippen molar-refractivity contribution in [2.24, 2.45) is 0 Å². The van der Waals surface area contributed by atoms with E-state index >= 15 is 0 Å². The van der Waals surface area contributed by atoms with E-state index in [0.717, 1.165) is 33.0 Å². The lowest BCUT2D eigenvalue weighted by molar-refractivity contribution is 0.200. The molecule has 0 fully saturated rings. The van der Waals surface area contributed by atoms with Gasteiger partial charge in [-0.1, -0.05) is 132 Å². The highest BCUT2D eigenvalue weighted by molar-refractivity contribution is 7.39. The van der Waals surface area contributed by atoms with Gasteiger partial charge in [0.15, 0.2) is 0 Å². The zero-order chi connectivity index (χ0) is 30.7. The zero-order valence-electron chi connectivity index (χ0n) is 27.1. The molecule has 0 radical (unpaired) electrons. The summed E-state index contributed by atoms with van der Waals surface area (Å²) in [6, 6.07) is 22.3. The summed E-state index contributed by atoms with van der Waals surface area (Å²) in [5.74, 6) is 0. The second kappa shape index (κ2) is 10.8. The lowest BCUT2D eigenvalue weighted by atomic mass is 9.75. The first-order chi connectivity index (χ1) is 18.7. The number of rotatable bonds is 4. The predicted octanol–water partition coefficient (Wildman–Crippen LogP) is 10.5. The molecular formula is C37H49O3P. The lowest BCUT2D eigenvalue weighted by Crippen LogP contribution is -2.21. The zero-order valence-corrected chi connectivity index (χ0v) is 28.0. The summed E-state index contributed by atoms with van der Waals surface area (Å²) in [6.07, 6.45) is -0.641. The summed E-state index contributed by atoms with van der Waals surface area (Å²) in [5, 5.41) is 4.60. The molecular weight excluding hydrogens is 523 g/mol. The van der Waals surface area contributed by atoms with Gasteiger partial charge in [0.1, 0.15) is 6.10 Å². The fourth-order valence-corrected chi connectivity index (χ4v) is 6.09. The van der Waals surface area contributed by atoms with Gasteiger partial charge < -0.3 is 9.79 Å². The summed E-state index contributed by atoms with van der Waals surface area (Å²) in [4.78, 5) is 20.6. The van der Waals surface area contributed by atoms with E-state index in [-0.39, 0.29) is 21.7 Å². The monoisotopic (exact) mass is 572 g/mol. The van der Waals surface area contributed by atoms with E-state index < -0.39 is 14.7 Å². The minimum absolute atomic E-state index is 0.0452. The van der Waals surface area contributed by atoms with Gasteiger partial charge in [0, 0.05) is 0 Å². The van der Waals surface area contributed by atoms with Gasteiger partial charge in [0.25, 0.3) is 0 Å². The fraction of sp³-hybridized carbons (Fsp3) is 0.459. The maximum Gasteiger partial charge on any atom is 0.327 e. The summed E-state index contributed by atoms with van der Waals surface area (Å²) in [5.41, 5.74) is 6.50. The van der Waals surface area contributed by atoms with E-state index in [4.69, 9.17) is 4.52 Å². The Bertz CT molecular complexity index is 1460. The normalized spacial score (nSPS) is 13.7. The molecule has 0 spiro atoms. The highest BCUT2D eigenvalue weighted by atomic mass is 31.2. The number of fused-ring (bicyclic) bond motifs is 2. The molecule has 4 heteroatoms. The van der Waals surface area contributed by atoms with Gasteiger partial charge in [-0.25, -0.2) is 0 Å². The third kappa shape index (κ3) is 6.86. The van der Waals surface area contributed by atoms with Crippen molar-refractivity contribution in [3.05, 3.63) is 94.0 Å². The fourth-order valence-electron chi connectivity index (χ4n) is 5.67. The van der Waals surface area contributed by atoms with E-state index in [2.05, 4.69) is 144 Å². The average Bonchev–Trinajstić information content (AvgIpc) is 2.82. The summed E-state index contributed by atoms with van der Waals surface area (Å²) in [7, 11) is -2.61. The molecule has 2 N–H and O–H groups in total. The summed E-state index contributed by atoms with van der Waals surface area (Å²) in [6.45, 7) is 26.7. The third-order valence-corrected chi connectivity index (χ3v) is 8.53. The molecule has 3 nitrogen and oxygen atoms in total. The van der Waals surface area contributed by atoms with Crippen molar-refractivity contribution < 1.29 is 14.3 Å². The summed E-state index contributed by atoms with van der Waals surface area (Å²) < 4.78 is 6.12. The van der Waals surface area contributed by atoms with Gasteiger partial charge in [-0.15, -0.1) is 0 Å². The average molecular weight is 573 g/mol. The topological polar surface area (TPSA) is 49.7 Å². The maximum absolute atomic E-state index is 10.3. The first kappa shape index (κ1) is 31.6. The minimum atomic E-state index is -2.61. The molecule has 4 aromatic rings. The summed E-state index contributed by atoms with van der Waals surface area (Å²) >= 11 is 0. The maximum atomic E-state index is 10.3. The van der Waals surface area contributed by atoms with Gasteiger partial charge in [0.05, 0.1) is 0 Å². The number of benzene rings is 4. The Hall–Kier alpha value is -2.29. The number of hydrogen-bond donors (Lipinski definition) is 2.